The number of benzene rings is 1. The first-order chi connectivity index (χ1) is 9.22. The molecule has 0 heterocycles. The molecule has 0 aromatic heterocycles. The second kappa shape index (κ2) is 12.0. The van der Waals surface area contributed by atoms with Crippen molar-refractivity contribution in [2.24, 2.45) is 0 Å². The van der Waals surface area contributed by atoms with Crippen molar-refractivity contribution in [2.45, 2.75) is 24.7 Å². The number of halogens is 2. The number of carbonyl (C=O) groups excluding carboxylic acids is 1. The van der Waals surface area contributed by atoms with Crippen molar-refractivity contribution < 1.29 is 9.18 Å². The van der Waals surface area contributed by atoms with Crippen molar-refractivity contribution in [3.63, 3.8) is 0 Å². The Balaban J connectivity index is 0.00000361. The van der Waals surface area contributed by atoms with Gasteiger partial charge in [0.05, 0.1) is 0 Å². The minimum absolute atomic E-state index is 0. The van der Waals surface area contributed by atoms with Gasteiger partial charge >= 0.3 is 0 Å². The van der Waals surface area contributed by atoms with E-state index in [0.717, 1.165) is 24.4 Å². The molecule has 1 aromatic carbocycles. The maximum absolute atomic E-state index is 12.7. The minimum Gasteiger partial charge on any atom is -0.355 e. The van der Waals surface area contributed by atoms with E-state index in [2.05, 4.69) is 17.6 Å². The van der Waals surface area contributed by atoms with Gasteiger partial charge in [0, 0.05) is 30.2 Å². The molecule has 0 unspecified atom stereocenters. The maximum Gasteiger partial charge on any atom is 0.220 e. The van der Waals surface area contributed by atoms with Crippen LogP contribution in [0.3, 0.4) is 0 Å². The highest BCUT2D eigenvalue weighted by molar-refractivity contribution is 7.99. The van der Waals surface area contributed by atoms with Gasteiger partial charge in [-0.3, -0.25) is 4.79 Å². The van der Waals surface area contributed by atoms with Crippen LogP contribution >= 0.6 is 24.2 Å². The van der Waals surface area contributed by atoms with E-state index in [0.29, 0.717) is 18.7 Å². The van der Waals surface area contributed by atoms with Gasteiger partial charge in [0.15, 0.2) is 0 Å². The minimum atomic E-state index is -0.235. The molecule has 1 aromatic rings. The molecule has 0 bridgehead atoms. The molecule has 6 heteroatoms. The van der Waals surface area contributed by atoms with Gasteiger partial charge < -0.3 is 10.6 Å². The Morgan fingerprint density at radius 1 is 1.20 bits per heavy atom. The molecular formula is C14H22ClFN2OS. The largest absolute Gasteiger partial charge is 0.355 e. The fourth-order valence-corrected chi connectivity index (χ4v) is 2.32. The summed E-state index contributed by atoms with van der Waals surface area (Å²) >= 11 is 1.56. The van der Waals surface area contributed by atoms with Crippen LogP contribution in [0.15, 0.2) is 29.2 Å². The van der Waals surface area contributed by atoms with Crippen LogP contribution in [-0.2, 0) is 4.79 Å². The van der Waals surface area contributed by atoms with Crippen molar-refractivity contribution in [1.29, 1.82) is 0 Å². The summed E-state index contributed by atoms with van der Waals surface area (Å²) in [6.45, 7) is 4.57. The van der Waals surface area contributed by atoms with E-state index in [1.54, 1.807) is 23.9 Å². The summed E-state index contributed by atoms with van der Waals surface area (Å²) in [5.41, 5.74) is 0. The number of nitrogens with one attached hydrogen (secondary N) is 2. The highest BCUT2D eigenvalue weighted by Gasteiger charge is 2.01. The van der Waals surface area contributed by atoms with Crippen LogP contribution in [0.5, 0.6) is 0 Å². The number of hydrogen-bond acceptors (Lipinski definition) is 3. The van der Waals surface area contributed by atoms with Crippen LogP contribution in [0, 0.1) is 5.82 Å². The summed E-state index contributed by atoms with van der Waals surface area (Å²) in [5.74, 6) is 0.537. The average Bonchev–Trinajstić information content (AvgIpc) is 2.41. The third kappa shape index (κ3) is 9.18. The molecular weight excluding hydrogens is 299 g/mol. The van der Waals surface area contributed by atoms with E-state index >= 15 is 0 Å². The van der Waals surface area contributed by atoms with Gasteiger partial charge in [-0.1, -0.05) is 6.92 Å². The lowest BCUT2D eigenvalue weighted by Gasteiger charge is -2.06. The lowest BCUT2D eigenvalue weighted by Crippen LogP contribution is -2.32. The Hall–Kier alpha value is -0.780. The molecule has 2 N–H and O–H groups in total. The molecule has 0 saturated carbocycles. The van der Waals surface area contributed by atoms with E-state index in [9.17, 15) is 9.18 Å². The lowest BCUT2D eigenvalue weighted by atomic mass is 10.4. The predicted molar refractivity (Wildman–Crippen MR) is 85.2 cm³/mol. The number of carbonyl (C=O) groups is 1. The van der Waals surface area contributed by atoms with Crippen LogP contribution in [-0.4, -0.2) is 31.3 Å². The lowest BCUT2D eigenvalue weighted by molar-refractivity contribution is -0.120. The van der Waals surface area contributed by atoms with Crippen LogP contribution < -0.4 is 10.6 Å². The fraction of sp³-hybridized carbons (Fsp3) is 0.500. The molecule has 0 atom stereocenters. The third-order valence-corrected chi connectivity index (χ3v) is 3.48. The summed E-state index contributed by atoms with van der Waals surface area (Å²) in [6.07, 6.45) is 1.58. The Morgan fingerprint density at radius 2 is 1.90 bits per heavy atom. The first-order valence-electron chi connectivity index (χ1n) is 6.58. The SMILES string of the molecule is CCCNCCNC(=O)CCSc1ccc(F)cc1.Cl. The van der Waals surface area contributed by atoms with Crippen molar-refractivity contribution >= 4 is 30.1 Å². The zero-order valence-corrected chi connectivity index (χ0v) is 13.3. The molecule has 3 nitrogen and oxygen atoms in total. The second-order valence-electron chi connectivity index (χ2n) is 4.15. The first kappa shape index (κ1) is 19.2. The van der Waals surface area contributed by atoms with Crippen molar-refractivity contribution in [2.75, 3.05) is 25.4 Å². The van der Waals surface area contributed by atoms with Gasteiger partial charge in [0.2, 0.25) is 5.91 Å². The standard InChI is InChI=1S/C14H21FN2OS.ClH/c1-2-8-16-9-10-17-14(18)7-11-19-13-5-3-12(15)4-6-13;/h3-6,16H,2,7-11H2,1H3,(H,17,18);1H. The summed E-state index contributed by atoms with van der Waals surface area (Å²) in [6, 6.07) is 6.32. The van der Waals surface area contributed by atoms with E-state index < -0.39 is 0 Å². The van der Waals surface area contributed by atoms with E-state index in [-0.39, 0.29) is 24.1 Å². The van der Waals surface area contributed by atoms with Gasteiger partial charge in [-0.2, -0.15) is 0 Å². The van der Waals surface area contributed by atoms with Crippen LogP contribution in [0.4, 0.5) is 4.39 Å². The monoisotopic (exact) mass is 320 g/mol. The second-order valence-corrected chi connectivity index (χ2v) is 5.32. The topological polar surface area (TPSA) is 41.1 Å². The Bertz CT molecular complexity index is 376. The molecule has 0 aliphatic heterocycles. The first-order valence-corrected chi connectivity index (χ1v) is 7.56. The molecule has 1 amide bonds. The van der Waals surface area contributed by atoms with Crippen molar-refractivity contribution in [3.05, 3.63) is 30.1 Å². The number of amides is 1. The third-order valence-electron chi connectivity index (χ3n) is 2.46. The van der Waals surface area contributed by atoms with Gasteiger partial charge in [-0.15, -0.1) is 24.2 Å². The van der Waals surface area contributed by atoms with Gasteiger partial charge in [0.1, 0.15) is 5.82 Å². The van der Waals surface area contributed by atoms with Crippen LogP contribution in [0.25, 0.3) is 0 Å². The van der Waals surface area contributed by atoms with Crippen LogP contribution in [0.2, 0.25) is 0 Å². The van der Waals surface area contributed by atoms with Crippen molar-refractivity contribution in [1.82, 2.24) is 10.6 Å². The maximum atomic E-state index is 12.7. The fourth-order valence-electron chi connectivity index (χ4n) is 1.47. The summed E-state index contributed by atoms with van der Waals surface area (Å²) in [5, 5.41) is 6.08. The van der Waals surface area contributed by atoms with Crippen LogP contribution in [0.1, 0.15) is 19.8 Å². The summed E-state index contributed by atoms with van der Waals surface area (Å²) in [4.78, 5) is 12.5. The van der Waals surface area contributed by atoms with E-state index in [1.165, 1.54) is 12.1 Å². The van der Waals surface area contributed by atoms with Gasteiger partial charge in [-0.25, -0.2) is 4.39 Å². The molecule has 20 heavy (non-hydrogen) atoms. The smallest absolute Gasteiger partial charge is 0.220 e. The normalized spacial score (nSPS) is 9.90. The molecule has 0 radical (unpaired) electrons. The number of hydrogen-bond donors (Lipinski definition) is 2. The van der Waals surface area contributed by atoms with E-state index in [4.69, 9.17) is 0 Å². The molecule has 0 aliphatic rings. The zero-order chi connectivity index (χ0) is 13.9. The van der Waals surface area contributed by atoms with Gasteiger partial charge in [0.25, 0.3) is 0 Å². The molecule has 114 valence electrons. The van der Waals surface area contributed by atoms with E-state index in [1.807, 2.05) is 0 Å². The number of thioether (sulfide) groups is 1. The molecule has 0 spiro atoms. The predicted octanol–water partition coefficient (Wildman–Crippen LogP) is 2.85. The Labute approximate surface area is 130 Å². The van der Waals surface area contributed by atoms with Crippen molar-refractivity contribution in [3.8, 4) is 0 Å². The molecule has 0 saturated heterocycles. The molecule has 1 rings (SSSR count). The molecule has 0 fully saturated rings. The zero-order valence-electron chi connectivity index (χ0n) is 11.7. The highest BCUT2D eigenvalue weighted by atomic mass is 35.5. The average molecular weight is 321 g/mol. The Kier molecular flexibility index (Phi) is 11.5. The quantitative estimate of drug-likeness (QED) is 0.543. The summed E-state index contributed by atoms with van der Waals surface area (Å²) < 4.78 is 12.7. The summed E-state index contributed by atoms with van der Waals surface area (Å²) in [7, 11) is 0. The Morgan fingerprint density at radius 3 is 2.55 bits per heavy atom. The van der Waals surface area contributed by atoms with Gasteiger partial charge in [-0.05, 0) is 37.2 Å². The molecule has 0 aliphatic carbocycles. The highest BCUT2D eigenvalue weighted by Crippen LogP contribution is 2.18. The number of rotatable bonds is 9.